The largest absolute Gasteiger partial charge is 0.481 e. The molecule has 2 aromatic carbocycles. The number of benzene rings is 2. The second kappa shape index (κ2) is 10.3. The molecule has 0 aliphatic heterocycles. The molecule has 2 N–H and O–H groups in total. The topological polar surface area (TPSA) is 92.4 Å². The van der Waals surface area contributed by atoms with Crippen LogP contribution in [0, 0.1) is 11.6 Å². The van der Waals surface area contributed by atoms with Crippen molar-refractivity contribution in [3.63, 3.8) is 0 Å². The average Bonchev–Trinajstić information content (AvgIpc) is 3.12. The zero-order valence-electron chi connectivity index (χ0n) is 18.2. The number of carboxylic acids is 1. The number of hydrogen-bond acceptors (Lipinski definition) is 4. The molecule has 0 unspecified atom stereocenters. The molecule has 6 nitrogen and oxygen atoms in total. The number of carboxylic acid groups (broad SMARTS) is 1. The lowest BCUT2D eigenvalue weighted by atomic mass is 10.0. The fraction of sp³-hybridized carbons (Fsp3) is 0.240. The van der Waals surface area contributed by atoms with Gasteiger partial charge in [0.25, 0.3) is 0 Å². The van der Waals surface area contributed by atoms with E-state index in [0.717, 1.165) is 0 Å². The predicted octanol–water partition coefficient (Wildman–Crippen LogP) is 4.88. The van der Waals surface area contributed by atoms with Crippen LogP contribution >= 0.6 is 0 Å². The van der Waals surface area contributed by atoms with Gasteiger partial charge in [-0.05, 0) is 54.6 Å². The Morgan fingerprint density at radius 2 is 1.55 bits per heavy atom. The number of ketones is 1. The van der Waals surface area contributed by atoms with Crippen molar-refractivity contribution in [2.45, 2.75) is 38.7 Å². The van der Waals surface area contributed by atoms with Crippen molar-refractivity contribution in [1.82, 2.24) is 9.55 Å². The SMILES string of the molecule is CC(C)c1nc(-c2ccc(F)cc2)c(-c2ccc(F)cc2)n1/C=C/[C@@H](O)CC(=O)CC(=O)O. The Hall–Kier alpha value is -3.65. The third-order valence-electron chi connectivity index (χ3n) is 4.93. The van der Waals surface area contributed by atoms with E-state index < -0.39 is 30.1 Å². The normalized spacial score (nSPS) is 12.4. The molecule has 0 amide bonds. The van der Waals surface area contributed by atoms with E-state index in [9.17, 15) is 23.5 Å². The first-order valence-electron chi connectivity index (χ1n) is 10.4. The molecule has 0 bridgehead atoms. The highest BCUT2D eigenvalue weighted by molar-refractivity contribution is 5.95. The van der Waals surface area contributed by atoms with Gasteiger partial charge in [0, 0.05) is 29.7 Å². The molecular formula is C25H24F2N2O4. The van der Waals surface area contributed by atoms with Gasteiger partial charge in [0.2, 0.25) is 0 Å². The maximum absolute atomic E-state index is 13.6. The minimum absolute atomic E-state index is 0.0474. The summed E-state index contributed by atoms with van der Waals surface area (Å²) in [6.07, 6.45) is 0.741. The summed E-state index contributed by atoms with van der Waals surface area (Å²) in [5, 5.41) is 19.0. The smallest absolute Gasteiger partial charge is 0.310 e. The summed E-state index contributed by atoms with van der Waals surface area (Å²) in [6.45, 7) is 3.87. The number of imidazole rings is 1. The number of nitrogens with zero attached hydrogens (tertiary/aromatic N) is 2. The van der Waals surface area contributed by atoms with Crippen LogP contribution in [0.5, 0.6) is 0 Å². The second-order valence-electron chi connectivity index (χ2n) is 7.93. The lowest BCUT2D eigenvalue weighted by Gasteiger charge is -2.12. The molecular weight excluding hydrogens is 430 g/mol. The van der Waals surface area contributed by atoms with Crippen LogP contribution in [0.15, 0.2) is 54.6 Å². The minimum atomic E-state index is -1.25. The number of aromatic nitrogens is 2. The summed E-state index contributed by atoms with van der Waals surface area (Å²) >= 11 is 0. The van der Waals surface area contributed by atoms with Crippen molar-refractivity contribution in [2.75, 3.05) is 0 Å². The zero-order chi connectivity index (χ0) is 24.1. The fourth-order valence-electron chi connectivity index (χ4n) is 3.43. The Morgan fingerprint density at radius 3 is 2.06 bits per heavy atom. The lowest BCUT2D eigenvalue weighted by Crippen LogP contribution is -2.14. The number of rotatable bonds is 9. The second-order valence-corrected chi connectivity index (χ2v) is 7.93. The van der Waals surface area contributed by atoms with E-state index in [1.54, 1.807) is 35.0 Å². The fourth-order valence-corrected chi connectivity index (χ4v) is 3.43. The van der Waals surface area contributed by atoms with Gasteiger partial charge < -0.3 is 14.8 Å². The molecule has 0 spiro atoms. The third kappa shape index (κ3) is 5.98. The monoisotopic (exact) mass is 454 g/mol. The maximum Gasteiger partial charge on any atom is 0.310 e. The van der Waals surface area contributed by atoms with Crippen molar-refractivity contribution in [3.8, 4) is 22.5 Å². The molecule has 172 valence electrons. The van der Waals surface area contributed by atoms with E-state index >= 15 is 0 Å². The highest BCUT2D eigenvalue weighted by Gasteiger charge is 2.21. The molecule has 1 heterocycles. The van der Waals surface area contributed by atoms with Gasteiger partial charge >= 0.3 is 5.97 Å². The van der Waals surface area contributed by atoms with Crippen LogP contribution in [-0.2, 0) is 9.59 Å². The van der Waals surface area contributed by atoms with E-state index in [2.05, 4.69) is 0 Å². The summed E-state index contributed by atoms with van der Waals surface area (Å²) in [5.41, 5.74) is 2.45. The number of halogens is 2. The van der Waals surface area contributed by atoms with Gasteiger partial charge in [-0.15, -0.1) is 0 Å². The van der Waals surface area contributed by atoms with Gasteiger partial charge in [0.15, 0.2) is 0 Å². The number of aliphatic hydroxyl groups is 1. The summed E-state index contributed by atoms with van der Waals surface area (Å²) in [5.74, 6) is -2.06. The Kier molecular flexibility index (Phi) is 7.50. The predicted molar refractivity (Wildman–Crippen MR) is 120 cm³/mol. The lowest BCUT2D eigenvalue weighted by molar-refractivity contribution is -0.140. The third-order valence-corrected chi connectivity index (χ3v) is 4.93. The molecule has 0 saturated heterocycles. The van der Waals surface area contributed by atoms with Gasteiger partial charge in [-0.25, -0.2) is 13.8 Å². The van der Waals surface area contributed by atoms with Crippen LogP contribution < -0.4 is 0 Å². The van der Waals surface area contributed by atoms with Crippen molar-refractivity contribution in [1.29, 1.82) is 0 Å². The maximum atomic E-state index is 13.6. The number of Topliss-reactive ketones (excluding diaryl/α,β-unsaturated/α-hetero) is 1. The van der Waals surface area contributed by atoms with Gasteiger partial charge in [-0.2, -0.15) is 0 Å². The highest BCUT2D eigenvalue weighted by atomic mass is 19.1. The quantitative estimate of drug-likeness (QED) is 0.450. The number of carbonyl (C=O) groups excluding carboxylic acids is 1. The molecule has 0 aliphatic carbocycles. The van der Waals surface area contributed by atoms with Gasteiger partial charge in [-0.3, -0.25) is 9.59 Å². The van der Waals surface area contributed by atoms with E-state index in [0.29, 0.717) is 28.3 Å². The van der Waals surface area contributed by atoms with E-state index in [-0.39, 0.29) is 18.2 Å². The Balaban J connectivity index is 2.10. The van der Waals surface area contributed by atoms with Crippen LogP contribution in [0.4, 0.5) is 8.78 Å². The first-order valence-corrected chi connectivity index (χ1v) is 10.4. The molecule has 0 saturated carbocycles. The number of carbonyl (C=O) groups is 2. The van der Waals surface area contributed by atoms with Gasteiger partial charge in [-0.1, -0.05) is 13.8 Å². The van der Waals surface area contributed by atoms with Gasteiger partial charge in [0.1, 0.15) is 29.7 Å². The molecule has 33 heavy (non-hydrogen) atoms. The molecule has 0 fully saturated rings. The van der Waals surface area contributed by atoms with E-state index in [4.69, 9.17) is 10.1 Å². The van der Waals surface area contributed by atoms with E-state index in [1.807, 2.05) is 13.8 Å². The van der Waals surface area contributed by atoms with Gasteiger partial charge in [0.05, 0.1) is 17.5 Å². The molecule has 1 aromatic heterocycles. The molecule has 3 rings (SSSR count). The standard InChI is InChI=1S/C25H24F2N2O4/c1-15(2)25-28-23(16-3-7-18(26)8-4-16)24(17-5-9-19(27)10-6-17)29(25)12-11-20(30)13-21(31)14-22(32)33/h3-12,15,20,30H,13-14H2,1-2H3,(H,32,33)/b12-11+/t20-/m1/s1. The van der Waals surface area contributed by atoms with Crippen molar-refractivity contribution in [3.05, 3.63) is 72.1 Å². The first-order chi connectivity index (χ1) is 15.7. The Labute approximate surface area is 189 Å². The average molecular weight is 454 g/mol. The Bertz CT molecular complexity index is 1170. The molecule has 8 heteroatoms. The molecule has 0 radical (unpaired) electrons. The van der Waals surface area contributed by atoms with Crippen molar-refractivity contribution < 1.29 is 28.6 Å². The van der Waals surface area contributed by atoms with Crippen molar-refractivity contribution in [2.24, 2.45) is 0 Å². The Morgan fingerprint density at radius 1 is 1.00 bits per heavy atom. The molecule has 3 aromatic rings. The van der Waals surface area contributed by atoms with E-state index in [1.165, 1.54) is 30.3 Å². The van der Waals surface area contributed by atoms with Crippen LogP contribution in [-0.4, -0.2) is 37.6 Å². The van der Waals surface area contributed by atoms with Crippen LogP contribution in [0.1, 0.15) is 38.4 Å². The van der Waals surface area contributed by atoms with Crippen LogP contribution in [0.2, 0.25) is 0 Å². The molecule has 1 atom stereocenters. The number of aliphatic hydroxyl groups excluding tert-OH is 1. The number of hydrogen-bond donors (Lipinski definition) is 2. The summed E-state index contributed by atoms with van der Waals surface area (Å²) in [4.78, 5) is 27.2. The van der Waals surface area contributed by atoms with Crippen LogP contribution in [0.3, 0.4) is 0 Å². The summed E-state index contributed by atoms with van der Waals surface area (Å²) < 4.78 is 28.8. The van der Waals surface area contributed by atoms with Crippen molar-refractivity contribution >= 4 is 18.0 Å². The molecule has 0 aliphatic rings. The minimum Gasteiger partial charge on any atom is -0.481 e. The highest BCUT2D eigenvalue weighted by Crippen LogP contribution is 2.35. The first kappa shape index (κ1) is 24.0. The number of aliphatic carboxylic acids is 1. The van der Waals surface area contributed by atoms with Crippen LogP contribution in [0.25, 0.3) is 28.7 Å². The zero-order valence-corrected chi connectivity index (χ0v) is 18.2. The summed E-state index contributed by atoms with van der Waals surface area (Å²) in [6, 6.07) is 11.7. The summed E-state index contributed by atoms with van der Waals surface area (Å²) in [7, 11) is 0.